The van der Waals surface area contributed by atoms with Crippen molar-refractivity contribution in [2.24, 2.45) is 10.9 Å². The van der Waals surface area contributed by atoms with Gasteiger partial charge >= 0.3 is 0 Å². The Balaban J connectivity index is 2.21. The zero-order valence-electron chi connectivity index (χ0n) is 11.7. The van der Waals surface area contributed by atoms with Crippen molar-refractivity contribution in [3.8, 4) is 0 Å². The van der Waals surface area contributed by atoms with Crippen LogP contribution in [0, 0.1) is 5.92 Å². The Morgan fingerprint density at radius 1 is 1.33 bits per heavy atom. The van der Waals surface area contributed by atoms with E-state index in [0.29, 0.717) is 0 Å². The molecule has 0 atom stereocenters. The maximum absolute atomic E-state index is 4.22. The first-order valence-corrected chi connectivity index (χ1v) is 6.70. The van der Waals surface area contributed by atoms with Gasteiger partial charge in [0.15, 0.2) is 5.96 Å². The Labute approximate surface area is 110 Å². The average Bonchev–Trinajstić information content (AvgIpc) is 2.91. The molecule has 0 aromatic carbocycles. The Bertz CT molecular complexity index is 327. The minimum absolute atomic E-state index is 0.720. The lowest BCUT2D eigenvalue weighted by atomic mass is 10.0. The Morgan fingerprint density at radius 2 is 2.11 bits per heavy atom. The number of guanidine groups is 1. The monoisotopic (exact) mass is 251 g/mol. The number of rotatable bonds is 7. The molecule has 0 saturated heterocycles. The molecule has 18 heavy (non-hydrogen) atoms. The van der Waals surface area contributed by atoms with E-state index in [-0.39, 0.29) is 0 Å². The first-order chi connectivity index (χ1) is 8.80. The van der Waals surface area contributed by atoms with Gasteiger partial charge in [0.2, 0.25) is 0 Å². The lowest BCUT2D eigenvalue weighted by molar-refractivity contribution is 0.481. The summed E-state index contributed by atoms with van der Waals surface area (Å²) >= 11 is 0. The van der Waals surface area contributed by atoms with Crippen molar-refractivity contribution in [3.05, 3.63) is 18.7 Å². The van der Waals surface area contributed by atoms with E-state index in [2.05, 4.69) is 34.5 Å². The summed E-state index contributed by atoms with van der Waals surface area (Å²) in [6, 6.07) is 0. The van der Waals surface area contributed by atoms with Crippen LogP contribution in [0.3, 0.4) is 0 Å². The highest BCUT2D eigenvalue weighted by molar-refractivity contribution is 5.79. The molecule has 0 aliphatic rings. The van der Waals surface area contributed by atoms with Crippen LogP contribution in [0.25, 0.3) is 0 Å². The highest BCUT2D eigenvalue weighted by Gasteiger charge is 2.04. The minimum atomic E-state index is 0.720. The van der Waals surface area contributed by atoms with Crippen LogP contribution in [-0.4, -0.2) is 35.6 Å². The first-order valence-electron chi connectivity index (χ1n) is 6.70. The van der Waals surface area contributed by atoms with E-state index in [9.17, 15) is 0 Å². The van der Waals surface area contributed by atoms with Gasteiger partial charge in [0.25, 0.3) is 0 Å². The van der Waals surface area contributed by atoms with E-state index in [4.69, 9.17) is 0 Å². The van der Waals surface area contributed by atoms with E-state index in [1.807, 2.05) is 17.1 Å². The maximum atomic E-state index is 4.22. The molecule has 102 valence electrons. The molecular formula is C13H25N5. The number of imidazole rings is 1. The molecule has 2 N–H and O–H groups in total. The fourth-order valence-electron chi connectivity index (χ4n) is 1.76. The van der Waals surface area contributed by atoms with Gasteiger partial charge in [-0.3, -0.25) is 4.99 Å². The summed E-state index contributed by atoms with van der Waals surface area (Å²) in [5, 5.41) is 6.67. The third-order valence-electron chi connectivity index (χ3n) is 3.16. The molecule has 0 amide bonds. The van der Waals surface area contributed by atoms with Gasteiger partial charge in [-0.05, 0) is 5.92 Å². The molecule has 1 rings (SSSR count). The van der Waals surface area contributed by atoms with Crippen LogP contribution in [0.15, 0.2) is 23.7 Å². The van der Waals surface area contributed by atoms with Gasteiger partial charge in [0.1, 0.15) is 0 Å². The lowest BCUT2D eigenvalue weighted by Gasteiger charge is -2.16. The van der Waals surface area contributed by atoms with Crippen molar-refractivity contribution < 1.29 is 0 Å². The summed E-state index contributed by atoms with van der Waals surface area (Å²) in [4.78, 5) is 8.23. The Hall–Kier alpha value is -1.52. The average molecular weight is 251 g/mol. The second-order valence-electron chi connectivity index (χ2n) is 4.36. The number of aromatic nitrogens is 2. The van der Waals surface area contributed by atoms with Crippen LogP contribution in [0.1, 0.15) is 26.7 Å². The zero-order valence-corrected chi connectivity index (χ0v) is 11.7. The van der Waals surface area contributed by atoms with Crippen molar-refractivity contribution in [1.82, 2.24) is 20.2 Å². The van der Waals surface area contributed by atoms with Gasteiger partial charge in [-0.2, -0.15) is 0 Å². The molecular weight excluding hydrogens is 226 g/mol. The number of hydrogen-bond donors (Lipinski definition) is 2. The molecule has 0 unspecified atom stereocenters. The highest BCUT2D eigenvalue weighted by atomic mass is 15.2. The van der Waals surface area contributed by atoms with Crippen molar-refractivity contribution in [1.29, 1.82) is 0 Å². The minimum Gasteiger partial charge on any atom is -0.356 e. The van der Waals surface area contributed by atoms with Gasteiger partial charge in [-0.25, -0.2) is 4.98 Å². The van der Waals surface area contributed by atoms with Crippen LogP contribution < -0.4 is 10.6 Å². The van der Waals surface area contributed by atoms with Crippen molar-refractivity contribution in [2.45, 2.75) is 33.2 Å². The third-order valence-corrected chi connectivity index (χ3v) is 3.16. The van der Waals surface area contributed by atoms with E-state index in [0.717, 1.165) is 31.5 Å². The SMILES string of the molecule is CCC(CC)CNC(=NC)NCCn1ccnc1. The second-order valence-corrected chi connectivity index (χ2v) is 4.36. The summed E-state index contributed by atoms with van der Waals surface area (Å²) in [6.45, 7) is 7.18. The smallest absolute Gasteiger partial charge is 0.191 e. The van der Waals surface area contributed by atoms with E-state index in [1.165, 1.54) is 12.8 Å². The van der Waals surface area contributed by atoms with Crippen LogP contribution in [-0.2, 0) is 6.54 Å². The van der Waals surface area contributed by atoms with E-state index < -0.39 is 0 Å². The molecule has 0 bridgehead atoms. The largest absolute Gasteiger partial charge is 0.356 e. The van der Waals surface area contributed by atoms with Crippen molar-refractivity contribution in [2.75, 3.05) is 20.1 Å². The maximum Gasteiger partial charge on any atom is 0.191 e. The van der Waals surface area contributed by atoms with Crippen molar-refractivity contribution >= 4 is 5.96 Å². The molecule has 5 nitrogen and oxygen atoms in total. The molecule has 0 radical (unpaired) electrons. The number of aliphatic imine (C=N–C) groups is 1. The van der Waals surface area contributed by atoms with Crippen LogP contribution in [0.4, 0.5) is 0 Å². The molecule has 1 aromatic heterocycles. The predicted octanol–water partition coefficient (Wildman–Crippen LogP) is 1.48. The van der Waals surface area contributed by atoms with Crippen LogP contribution >= 0.6 is 0 Å². The molecule has 0 spiro atoms. The molecule has 0 saturated carbocycles. The standard InChI is InChI=1S/C13H25N5/c1-4-12(5-2)10-17-13(14-3)16-7-9-18-8-6-15-11-18/h6,8,11-12H,4-5,7,9-10H2,1-3H3,(H2,14,16,17). The summed E-state index contributed by atoms with van der Waals surface area (Å²) in [6.07, 6.45) is 7.98. The van der Waals surface area contributed by atoms with E-state index >= 15 is 0 Å². The van der Waals surface area contributed by atoms with Crippen molar-refractivity contribution in [3.63, 3.8) is 0 Å². The Kier molecular flexibility index (Phi) is 6.91. The lowest BCUT2D eigenvalue weighted by Crippen LogP contribution is -2.40. The van der Waals surface area contributed by atoms with Gasteiger partial charge in [-0.15, -0.1) is 0 Å². The second kappa shape index (κ2) is 8.55. The normalized spacial score (nSPS) is 11.9. The Morgan fingerprint density at radius 3 is 2.67 bits per heavy atom. The number of nitrogens with one attached hydrogen (secondary N) is 2. The zero-order chi connectivity index (χ0) is 13.2. The van der Waals surface area contributed by atoms with Gasteiger partial charge < -0.3 is 15.2 Å². The molecule has 0 aliphatic carbocycles. The summed E-state index contributed by atoms with van der Waals surface area (Å²) < 4.78 is 2.04. The third kappa shape index (κ3) is 5.21. The first kappa shape index (κ1) is 14.5. The molecule has 1 heterocycles. The summed E-state index contributed by atoms with van der Waals surface area (Å²) in [7, 11) is 1.81. The van der Waals surface area contributed by atoms with Gasteiger partial charge in [0.05, 0.1) is 6.33 Å². The molecule has 0 aliphatic heterocycles. The molecule has 1 aromatic rings. The quantitative estimate of drug-likeness (QED) is 0.570. The van der Waals surface area contributed by atoms with E-state index in [1.54, 1.807) is 13.2 Å². The summed E-state index contributed by atoms with van der Waals surface area (Å²) in [5.74, 6) is 1.60. The number of hydrogen-bond acceptors (Lipinski definition) is 2. The number of nitrogens with zero attached hydrogens (tertiary/aromatic N) is 3. The van der Waals surface area contributed by atoms with Crippen LogP contribution in [0.2, 0.25) is 0 Å². The summed E-state index contributed by atoms with van der Waals surface area (Å²) in [5.41, 5.74) is 0. The fourth-order valence-corrected chi connectivity index (χ4v) is 1.76. The predicted molar refractivity (Wildman–Crippen MR) is 75.7 cm³/mol. The van der Waals surface area contributed by atoms with Crippen LogP contribution in [0.5, 0.6) is 0 Å². The molecule has 5 heteroatoms. The van der Waals surface area contributed by atoms with Gasteiger partial charge in [0, 0.05) is 39.1 Å². The van der Waals surface area contributed by atoms with Gasteiger partial charge in [-0.1, -0.05) is 26.7 Å². The molecule has 0 fully saturated rings. The highest BCUT2D eigenvalue weighted by Crippen LogP contribution is 2.04. The topological polar surface area (TPSA) is 54.2 Å². The fraction of sp³-hybridized carbons (Fsp3) is 0.692.